The van der Waals surface area contributed by atoms with Gasteiger partial charge < -0.3 is 10.4 Å². The van der Waals surface area contributed by atoms with Gasteiger partial charge in [0.25, 0.3) is 5.91 Å². The van der Waals surface area contributed by atoms with Gasteiger partial charge in [0.15, 0.2) is 6.10 Å². The van der Waals surface area contributed by atoms with E-state index >= 15 is 0 Å². The lowest BCUT2D eigenvalue weighted by atomic mass is 10.1. The molecular weight excluding hydrogens is 421 g/mol. The van der Waals surface area contributed by atoms with Crippen molar-refractivity contribution in [3.8, 4) is 0 Å². The quantitative estimate of drug-likeness (QED) is 0.751. The molecule has 2 aromatic rings. The highest BCUT2D eigenvalue weighted by atomic mass is 35.5. The molecule has 0 saturated heterocycles. The number of rotatable bonds is 5. The van der Waals surface area contributed by atoms with Crippen LogP contribution in [0.5, 0.6) is 0 Å². The molecule has 0 radical (unpaired) electrons. The van der Waals surface area contributed by atoms with Gasteiger partial charge in [-0.15, -0.1) is 0 Å². The number of amides is 1. The van der Waals surface area contributed by atoms with Crippen LogP contribution in [0.1, 0.15) is 22.0 Å². The minimum absolute atomic E-state index is 0.113. The first-order valence-corrected chi connectivity index (χ1v) is 9.54. The van der Waals surface area contributed by atoms with Gasteiger partial charge >= 0.3 is 6.18 Å². The summed E-state index contributed by atoms with van der Waals surface area (Å²) < 4.78 is 64.0. The molecule has 0 fully saturated rings. The maximum Gasteiger partial charge on any atom is 0.418 e. The Hall–Kier alpha value is -2.14. The molecule has 6 nitrogen and oxygen atoms in total. The summed E-state index contributed by atoms with van der Waals surface area (Å²) in [7, 11) is -1.37. The van der Waals surface area contributed by atoms with Crippen LogP contribution in [-0.4, -0.2) is 44.0 Å². The maximum absolute atomic E-state index is 12.8. The predicted octanol–water partition coefficient (Wildman–Crippen LogP) is 3.44. The van der Waals surface area contributed by atoms with Gasteiger partial charge in [0.1, 0.15) is 4.90 Å². The summed E-state index contributed by atoms with van der Waals surface area (Å²) in [4.78, 5) is 12.1. The highest BCUT2D eigenvalue weighted by Crippen LogP contribution is 2.36. The van der Waals surface area contributed by atoms with Gasteiger partial charge in [-0.05, 0) is 24.3 Å². The second-order valence-electron chi connectivity index (χ2n) is 5.92. The number of hydrogen-bond acceptors (Lipinski definition) is 4. The van der Waals surface area contributed by atoms with Crippen molar-refractivity contribution in [1.29, 1.82) is 0 Å². The summed E-state index contributed by atoms with van der Waals surface area (Å²) in [5.41, 5.74) is -0.941. The van der Waals surface area contributed by atoms with E-state index in [-0.39, 0.29) is 21.2 Å². The number of aliphatic hydroxyl groups is 1. The lowest BCUT2D eigenvalue weighted by Crippen LogP contribution is -2.24. The van der Waals surface area contributed by atoms with E-state index in [9.17, 15) is 31.5 Å². The first-order chi connectivity index (χ1) is 12.9. The lowest BCUT2D eigenvalue weighted by Gasteiger charge is -2.19. The second-order valence-corrected chi connectivity index (χ2v) is 8.45. The van der Waals surface area contributed by atoms with Crippen molar-refractivity contribution in [1.82, 2.24) is 4.31 Å². The zero-order chi connectivity index (χ0) is 21.3. The largest absolute Gasteiger partial charge is 0.418 e. The number of sulfonamides is 1. The summed E-state index contributed by atoms with van der Waals surface area (Å²) in [6.07, 6.45) is -7.72. The fourth-order valence-electron chi connectivity index (χ4n) is 2.26. The third-order valence-corrected chi connectivity index (χ3v) is 6.06. The SMILES string of the molecule is CN(C)S(=O)(=O)c1cc(C(=O)Nc2ccccc2[C@@H](O)C(F)(F)F)ccc1Cl. The van der Waals surface area contributed by atoms with Crippen molar-refractivity contribution < 1.29 is 31.5 Å². The molecule has 0 bridgehead atoms. The van der Waals surface area contributed by atoms with E-state index in [0.29, 0.717) is 0 Å². The summed E-state index contributed by atoms with van der Waals surface area (Å²) in [5.74, 6) is -0.867. The van der Waals surface area contributed by atoms with Gasteiger partial charge in [-0.2, -0.15) is 13.2 Å². The van der Waals surface area contributed by atoms with E-state index in [4.69, 9.17) is 11.6 Å². The molecule has 0 heterocycles. The van der Waals surface area contributed by atoms with Crippen molar-refractivity contribution in [3.63, 3.8) is 0 Å². The Morgan fingerprint density at radius 2 is 1.79 bits per heavy atom. The van der Waals surface area contributed by atoms with Crippen LogP contribution in [0.4, 0.5) is 18.9 Å². The van der Waals surface area contributed by atoms with Gasteiger partial charge in [0.05, 0.1) is 5.02 Å². The minimum atomic E-state index is -4.92. The number of aliphatic hydroxyl groups excluding tert-OH is 1. The standard InChI is InChI=1S/C17H16ClF3N2O4S/c1-23(2)28(26,27)14-9-10(7-8-12(14)18)16(25)22-13-6-4-3-5-11(13)15(24)17(19,20)21/h3-9,15,24H,1-2H3,(H,22,25)/t15-/m1/s1. The van der Waals surface area contributed by atoms with Crippen molar-refractivity contribution in [2.45, 2.75) is 17.2 Å². The number of alkyl halides is 3. The van der Waals surface area contributed by atoms with Gasteiger partial charge in [0, 0.05) is 30.9 Å². The van der Waals surface area contributed by atoms with Crippen LogP contribution in [0.2, 0.25) is 5.02 Å². The Morgan fingerprint density at radius 1 is 1.18 bits per heavy atom. The summed E-state index contributed by atoms with van der Waals surface area (Å²) in [6.45, 7) is 0. The molecule has 0 aromatic heterocycles. The molecule has 0 aliphatic rings. The smallest absolute Gasteiger partial charge is 0.379 e. The van der Waals surface area contributed by atoms with E-state index in [0.717, 1.165) is 16.4 Å². The molecule has 0 saturated carbocycles. The van der Waals surface area contributed by atoms with Crippen LogP contribution in [-0.2, 0) is 10.0 Å². The number of carbonyl (C=O) groups excluding carboxylic acids is 1. The number of benzene rings is 2. The van der Waals surface area contributed by atoms with E-state index in [1.165, 1.54) is 44.4 Å². The minimum Gasteiger partial charge on any atom is -0.379 e. The third-order valence-electron chi connectivity index (χ3n) is 3.77. The van der Waals surface area contributed by atoms with E-state index in [1.807, 2.05) is 0 Å². The monoisotopic (exact) mass is 436 g/mol. The Morgan fingerprint density at radius 3 is 2.36 bits per heavy atom. The van der Waals surface area contributed by atoms with Crippen LogP contribution in [0.3, 0.4) is 0 Å². The molecule has 1 atom stereocenters. The van der Waals surface area contributed by atoms with Crippen LogP contribution in [0.25, 0.3) is 0 Å². The Bertz CT molecular complexity index is 994. The molecule has 0 aliphatic carbocycles. The zero-order valence-corrected chi connectivity index (χ0v) is 16.2. The highest BCUT2D eigenvalue weighted by Gasteiger charge is 2.40. The number of hydrogen-bond donors (Lipinski definition) is 2. The normalized spacial score (nSPS) is 13.4. The van der Waals surface area contributed by atoms with Gasteiger partial charge in [-0.1, -0.05) is 29.8 Å². The molecular formula is C17H16ClF3N2O4S. The summed E-state index contributed by atoms with van der Waals surface area (Å²) in [5, 5.41) is 11.6. The fraction of sp³-hybridized carbons (Fsp3) is 0.235. The van der Waals surface area contributed by atoms with Crippen LogP contribution < -0.4 is 5.32 Å². The van der Waals surface area contributed by atoms with Gasteiger partial charge in [0.2, 0.25) is 10.0 Å². The fourth-order valence-corrected chi connectivity index (χ4v) is 3.65. The number of carbonyl (C=O) groups is 1. The first-order valence-electron chi connectivity index (χ1n) is 7.73. The molecule has 28 heavy (non-hydrogen) atoms. The molecule has 152 valence electrons. The van der Waals surface area contributed by atoms with Crippen molar-refractivity contribution in [2.75, 3.05) is 19.4 Å². The van der Waals surface area contributed by atoms with Gasteiger partial charge in [-0.3, -0.25) is 4.79 Å². The Balaban J connectivity index is 2.41. The Kier molecular flexibility index (Phi) is 6.39. The first kappa shape index (κ1) is 22.2. The average molecular weight is 437 g/mol. The Labute approximate surface area is 164 Å². The molecule has 1 amide bonds. The van der Waals surface area contributed by atoms with E-state index in [2.05, 4.69) is 5.32 Å². The molecule has 0 unspecified atom stereocenters. The number of nitrogens with one attached hydrogen (secondary N) is 1. The average Bonchev–Trinajstić information content (AvgIpc) is 2.60. The highest BCUT2D eigenvalue weighted by molar-refractivity contribution is 7.89. The molecule has 2 aromatic carbocycles. The molecule has 2 rings (SSSR count). The van der Waals surface area contributed by atoms with E-state index < -0.39 is 33.8 Å². The zero-order valence-electron chi connectivity index (χ0n) is 14.7. The number of anilines is 1. The summed E-state index contributed by atoms with van der Waals surface area (Å²) >= 11 is 5.91. The van der Waals surface area contributed by atoms with Crippen molar-refractivity contribution in [2.24, 2.45) is 0 Å². The maximum atomic E-state index is 12.8. The van der Waals surface area contributed by atoms with Crippen LogP contribution in [0.15, 0.2) is 47.4 Å². The molecule has 0 aliphatic heterocycles. The van der Waals surface area contributed by atoms with E-state index in [1.54, 1.807) is 0 Å². The van der Waals surface area contributed by atoms with Gasteiger partial charge in [-0.25, -0.2) is 12.7 Å². The topological polar surface area (TPSA) is 86.7 Å². The molecule has 0 spiro atoms. The van der Waals surface area contributed by atoms with Crippen LogP contribution in [0, 0.1) is 0 Å². The predicted molar refractivity (Wildman–Crippen MR) is 97.7 cm³/mol. The van der Waals surface area contributed by atoms with Crippen molar-refractivity contribution in [3.05, 3.63) is 58.6 Å². The van der Waals surface area contributed by atoms with Crippen LogP contribution >= 0.6 is 11.6 Å². The second kappa shape index (κ2) is 8.08. The lowest BCUT2D eigenvalue weighted by molar-refractivity contribution is -0.206. The third kappa shape index (κ3) is 4.64. The number of nitrogens with zero attached hydrogens (tertiary/aromatic N) is 1. The molecule has 2 N–H and O–H groups in total. The number of halogens is 4. The number of para-hydroxylation sites is 1. The summed E-state index contributed by atoms with van der Waals surface area (Å²) in [6, 6.07) is 8.33. The van der Waals surface area contributed by atoms with Crippen molar-refractivity contribution >= 4 is 33.2 Å². The molecule has 11 heteroatoms.